The number of Topliss-reactive ketones (excluding diaryl/α,β-unsaturated/α-hetero) is 1. The van der Waals surface area contributed by atoms with Gasteiger partial charge in [0.25, 0.3) is 5.91 Å². The van der Waals surface area contributed by atoms with E-state index in [-0.39, 0.29) is 38.8 Å². The molecule has 0 aliphatic carbocycles. The van der Waals surface area contributed by atoms with Crippen LogP contribution in [0.2, 0.25) is 5.02 Å². The van der Waals surface area contributed by atoms with Gasteiger partial charge in [0.1, 0.15) is 11.5 Å². The summed E-state index contributed by atoms with van der Waals surface area (Å²) in [6.07, 6.45) is -3.67. The van der Waals surface area contributed by atoms with Crippen molar-refractivity contribution in [3.05, 3.63) is 58.1 Å². The largest absolute Gasteiger partial charge is 0.496 e. The van der Waals surface area contributed by atoms with E-state index in [0.29, 0.717) is 6.07 Å². The molecule has 0 radical (unpaired) electrons. The molecule has 2 aromatic carbocycles. The second-order valence-corrected chi connectivity index (χ2v) is 8.45. The van der Waals surface area contributed by atoms with E-state index < -0.39 is 23.3 Å². The Balaban J connectivity index is 0.000000493. The molecular weight excluding hydrogens is 474 g/mol. The molecule has 34 heavy (non-hydrogen) atoms. The average Bonchev–Trinajstić information content (AvgIpc) is 3.05. The van der Waals surface area contributed by atoms with Crippen molar-refractivity contribution >= 4 is 29.0 Å². The summed E-state index contributed by atoms with van der Waals surface area (Å²) in [6.45, 7) is 11.6. The van der Waals surface area contributed by atoms with Crippen molar-refractivity contribution in [2.45, 2.75) is 59.8 Å². The molecule has 0 fully saturated rings. The summed E-state index contributed by atoms with van der Waals surface area (Å²) in [5, 5.41) is 2.32. The van der Waals surface area contributed by atoms with Gasteiger partial charge in [0.05, 0.1) is 12.7 Å². The summed E-state index contributed by atoms with van der Waals surface area (Å²) in [7, 11) is 1.29. The fourth-order valence-electron chi connectivity index (χ4n) is 2.92. The highest BCUT2D eigenvalue weighted by atomic mass is 35.5. The predicted molar refractivity (Wildman–Crippen MR) is 126 cm³/mol. The maximum absolute atomic E-state index is 15.7. The molecule has 1 aliphatic heterocycles. The summed E-state index contributed by atoms with van der Waals surface area (Å²) in [4.78, 5) is 22.9. The molecule has 1 amide bonds. The van der Waals surface area contributed by atoms with Gasteiger partial charge in [-0.1, -0.05) is 52.3 Å². The lowest BCUT2D eigenvalue weighted by Gasteiger charge is -2.21. The molecule has 0 bridgehead atoms. The molecule has 0 saturated heterocycles. The summed E-state index contributed by atoms with van der Waals surface area (Å²) in [5.41, 5.74) is -4.41. The van der Waals surface area contributed by atoms with Crippen molar-refractivity contribution in [2.75, 3.05) is 12.4 Å². The molecule has 1 aliphatic rings. The van der Waals surface area contributed by atoms with Crippen LogP contribution in [0.4, 0.5) is 23.2 Å². The van der Waals surface area contributed by atoms with Crippen LogP contribution in [0.5, 0.6) is 5.75 Å². The highest BCUT2D eigenvalue weighted by Gasteiger charge is 2.51. The number of ketones is 1. The number of carbonyl (C=O) groups is 2. The van der Waals surface area contributed by atoms with Crippen molar-refractivity contribution in [1.82, 2.24) is 0 Å². The fourth-order valence-corrected chi connectivity index (χ4v) is 3.09. The number of alkyl halides is 4. The molecule has 9 heteroatoms. The zero-order chi connectivity index (χ0) is 26.5. The van der Waals surface area contributed by atoms with Gasteiger partial charge in [0, 0.05) is 27.3 Å². The molecule has 1 N–H and O–H groups in total. The summed E-state index contributed by atoms with van der Waals surface area (Å²) < 4.78 is 59.1. The third kappa shape index (κ3) is 6.09. The van der Waals surface area contributed by atoms with E-state index in [9.17, 15) is 22.8 Å². The Labute approximate surface area is 202 Å². The van der Waals surface area contributed by atoms with E-state index in [1.165, 1.54) is 25.3 Å². The van der Waals surface area contributed by atoms with Gasteiger partial charge in [-0.2, -0.15) is 13.2 Å². The standard InChI is InChI=1S/C16H10ClF4NO2.C7H14O.C2H6/c1-24-13-5-3-9(17)7-11(13)15(18)10-4-2-8(16(19,20)21)6-12(10)22-14(15)23;1-5-7(3,4)6(2)8;1-2/h2-7H,1H3,(H,22,23);5H2,1-4H3;1-2H3. The van der Waals surface area contributed by atoms with E-state index in [1.807, 2.05) is 34.6 Å². The third-order valence-corrected chi connectivity index (χ3v) is 5.88. The SMILES string of the molecule is CC.CCC(C)(C)C(C)=O.COc1ccc(Cl)cc1C1(F)C(=O)Nc2cc(C(F)(F)F)ccc21. The lowest BCUT2D eigenvalue weighted by atomic mass is 9.86. The zero-order valence-corrected chi connectivity index (χ0v) is 21.0. The minimum absolute atomic E-state index is 0.0600. The lowest BCUT2D eigenvalue weighted by Crippen LogP contribution is -2.31. The average molecular weight is 504 g/mol. The molecule has 1 heterocycles. The van der Waals surface area contributed by atoms with E-state index in [4.69, 9.17) is 16.3 Å². The van der Waals surface area contributed by atoms with Crippen molar-refractivity contribution in [3.8, 4) is 5.75 Å². The van der Waals surface area contributed by atoms with Gasteiger partial charge >= 0.3 is 6.18 Å². The Hall–Kier alpha value is -2.61. The molecule has 0 saturated carbocycles. The molecule has 0 aromatic heterocycles. The number of amides is 1. The number of nitrogens with one attached hydrogen (secondary N) is 1. The fraction of sp³-hybridized carbons (Fsp3) is 0.440. The van der Waals surface area contributed by atoms with Crippen LogP contribution in [0.15, 0.2) is 36.4 Å². The van der Waals surface area contributed by atoms with Gasteiger partial charge in [0.15, 0.2) is 0 Å². The Morgan fingerprint density at radius 2 is 1.68 bits per heavy atom. The number of ether oxygens (including phenoxy) is 1. The first-order valence-electron chi connectivity index (χ1n) is 10.8. The number of rotatable bonds is 4. The van der Waals surface area contributed by atoms with Gasteiger partial charge in [-0.25, -0.2) is 4.39 Å². The Morgan fingerprint density at radius 1 is 1.09 bits per heavy atom. The Bertz CT molecular complexity index is 1040. The number of methoxy groups -OCH3 is 1. The Kier molecular flexibility index (Phi) is 9.70. The minimum Gasteiger partial charge on any atom is -0.496 e. The van der Waals surface area contributed by atoms with Crippen LogP contribution < -0.4 is 10.1 Å². The van der Waals surface area contributed by atoms with Gasteiger partial charge in [-0.05, 0) is 43.7 Å². The molecule has 2 aromatic rings. The first-order chi connectivity index (χ1) is 15.7. The second-order valence-electron chi connectivity index (χ2n) is 8.01. The van der Waals surface area contributed by atoms with Crippen LogP contribution in [0.25, 0.3) is 0 Å². The third-order valence-electron chi connectivity index (χ3n) is 5.65. The Morgan fingerprint density at radius 3 is 2.12 bits per heavy atom. The topological polar surface area (TPSA) is 55.4 Å². The van der Waals surface area contributed by atoms with Crippen molar-refractivity contribution in [2.24, 2.45) is 5.41 Å². The van der Waals surface area contributed by atoms with E-state index >= 15 is 4.39 Å². The monoisotopic (exact) mass is 503 g/mol. The van der Waals surface area contributed by atoms with Crippen LogP contribution in [0.3, 0.4) is 0 Å². The molecule has 0 spiro atoms. The predicted octanol–water partition coefficient (Wildman–Crippen LogP) is 7.57. The smallest absolute Gasteiger partial charge is 0.416 e. The summed E-state index contributed by atoms with van der Waals surface area (Å²) in [5.74, 6) is -0.762. The minimum atomic E-state index is -4.60. The van der Waals surface area contributed by atoms with Crippen LogP contribution in [-0.4, -0.2) is 18.8 Å². The van der Waals surface area contributed by atoms with Gasteiger partial charge in [-0.15, -0.1) is 0 Å². The number of carbonyl (C=O) groups excluding carboxylic acids is 2. The van der Waals surface area contributed by atoms with Crippen molar-refractivity contribution in [3.63, 3.8) is 0 Å². The summed E-state index contributed by atoms with van der Waals surface area (Å²) >= 11 is 5.87. The number of halogens is 5. The number of hydrogen-bond donors (Lipinski definition) is 1. The van der Waals surface area contributed by atoms with Crippen LogP contribution in [0, 0.1) is 5.41 Å². The van der Waals surface area contributed by atoms with E-state index in [2.05, 4.69) is 5.32 Å². The van der Waals surface area contributed by atoms with Crippen molar-refractivity contribution < 1.29 is 31.9 Å². The molecule has 3 rings (SSSR count). The van der Waals surface area contributed by atoms with Crippen molar-refractivity contribution in [1.29, 1.82) is 0 Å². The number of anilines is 1. The lowest BCUT2D eigenvalue weighted by molar-refractivity contribution is -0.137. The molecule has 1 atom stereocenters. The molecule has 188 valence electrons. The molecular formula is C25H30ClF4NO3. The number of hydrogen-bond acceptors (Lipinski definition) is 3. The highest BCUT2D eigenvalue weighted by Crippen LogP contribution is 2.48. The quantitative estimate of drug-likeness (QED) is 0.438. The normalized spacial score (nSPS) is 16.9. The van der Waals surface area contributed by atoms with Gasteiger partial charge in [-0.3, -0.25) is 9.59 Å². The van der Waals surface area contributed by atoms with Crippen LogP contribution in [-0.2, 0) is 21.4 Å². The second kappa shape index (κ2) is 11.2. The number of fused-ring (bicyclic) bond motifs is 1. The number of benzene rings is 2. The zero-order valence-electron chi connectivity index (χ0n) is 20.3. The van der Waals surface area contributed by atoms with Crippen LogP contribution in [0.1, 0.15) is 64.7 Å². The first-order valence-corrected chi connectivity index (χ1v) is 11.1. The maximum Gasteiger partial charge on any atom is 0.416 e. The molecule has 1 unspecified atom stereocenters. The van der Waals surface area contributed by atoms with E-state index in [0.717, 1.165) is 18.6 Å². The first kappa shape index (κ1) is 29.4. The van der Waals surface area contributed by atoms with E-state index in [1.54, 1.807) is 6.92 Å². The maximum atomic E-state index is 15.7. The summed E-state index contributed by atoms with van der Waals surface area (Å²) in [6, 6.07) is 6.42. The molecule has 4 nitrogen and oxygen atoms in total. The van der Waals surface area contributed by atoms with Gasteiger partial charge in [0.2, 0.25) is 5.67 Å². The van der Waals surface area contributed by atoms with Gasteiger partial charge < -0.3 is 10.1 Å². The highest BCUT2D eigenvalue weighted by molar-refractivity contribution is 6.30. The van der Waals surface area contributed by atoms with Crippen LogP contribution >= 0.6 is 11.6 Å².